The lowest BCUT2D eigenvalue weighted by molar-refractivity contribution is -0.0499. The van der Waals surface area contributed by atoms with Crippen molar-refractivity contribution in [3.8, 4) is 5.75 Å². The van der Waals surface area contributed by atoms with Crippen molar-refractivity contribution < 1.29 is 18.3 Å². The first-order chi connectivity index (χ1) is 13.4. The minimum Gasteiger partial charge on any atom is -0.435 e. The summed E-state index contributed by atoms with van der Waals surface area (Å²) in [4.78, 5) is 17.2. The SMILES string of the molecule is Cc1ccccc1[C@H]1[C@@H]2CN(C(=O)c3cccc(OC(F)F)c3)C[C@@H]2CN1C. The molecule has 0 radical (unpaired) electrons. The van der Waals surface area contributed by atoms with Gasteiger partial charge < -0.3 is 9.64 Å². The van der Waals surface area contributed by atoms with Gasteiger partial charge in [-0.2, -0.15) is 8.78 Å². The largest absolute Gasteiger partial charge is 0.435 e. The Balaban J connectivity index is 1.53. The summed E-state index contributed by atoms with van der Waals surface area (Å²) < 4.78 is 29.4. The number of hydrogen-bond acceptors (Lipinski definition) is 3. The second-order valence-corrected chi connectivity index (χ2v) is 7.78. The first kappa shape index (κ1) is 18.9. The molecule has 1 amide bonds. The highest BCUT2D eigenvalue weighted by molar-refractivity contribution is 5.94. The number of carbonyl (C=O) groups excluding carboxylic acids is 1. The topological polar surface area (TPSA) is 32.8 Å². The molecule has 2 saturated heterocycles. The van der Waals surface area contributed by atoms with Gasteiger partial charge in [-0.1, -0.05) is 30.3 Å². The van der Waals surface area contributed by atoms with Crippen LogP contribution in [0, 0.1) is 18.8 Å². The van der Waals surface area contributed by atoms with Gasteiger partial charge in [-0.05, 0) is 49.2 Å². The molecule has 3 atom stereocenters. The third-order valence-corrected chi connectivity index (χ3v) is 5.99. The highest BCUT2D eigenvalue weighted by Gasteiger charge is 2.47. The molecule has 2 aliphatic heterocycles. The van der Waals surface area contributed by atoms with Gasteiger partial charge in [0, 0.05) is 37.2 Å². The Labute approximate surface area is 163 Å². The molecule has 0 N–H and O–H groups in total. The second kappa shape index (κ2) is 7.51. The number of halogens is 2. The summed E-state index contributed by atoms with van der Waals surface area (Å²) in [6.07, 6.45) is 0. The van der Waals surface area contributed by atoms with Crippen molar-refractivity contribution in [2.75, 3.05) is 26.7 Å². The number of amides is 1. The molecule has 0 spiro atoms. The number of ether oxygens (including phenoxy) is 1. The van der Waals surface area contributed by atoms with Crippen LogP contribution in [0.3, 0.4) is 0 Å². The fourth-order valence-electron chi connectivity index (χ4n) is 4.80. The van der Waals surface area contributed by atoms with E-state index in [0.717, 1.165) is 6.54 Å². The molecule has 2 aliphatic rings. The minimum absolute atomic E-state index is 0.0118. The van der Waals surface area contributed by atoms with Crippen molar-refractivity contribution in [2.45, 2.75) is 19.6 Å². The van der Waals surface area contributed by atoms with Crippen molar-refractivity contribution >= 4 is 5.91 Å². The van der Waals surface area contributed by atoms with Crippen molar-refractivity contribution in [1.82, 2.24) is 9.80 Å². The predicted octanol–water partition coefficient (Wildman–Crippen LogP) is 3.97. The van der Waals surface area contributed by atoms with Gasteiger partial charge in [-0.3, -0.25) is 9.69 Å². The zero-order chi connectivity index (χ0) is 19.8. The third kappa shape index (κ3) is 3.49. The van der Waals surface area contributed by atoms with Crippen LogP contribution in [0.25, 0.3) is 0 Å². The zero-order valence-electron chi connectivity index (χ0n) is 16.0. The van der Waals surface area contributed by atoms with Crippen LogP contribution in [-0.4, -0.2) is 49.0 Å². The second-order valence-electron chi connectivity index (χ2n) is 7.78. The number of likely N-dealkylation sites (tertiary alicyclic amines) is 2. The van der Waals surface area contributed by atoms with E-state index >= 15 is 0 Å². The molecule has 148 valence electrons. The Hall–Kier alpha value is -2.47. The number of rotatable bonds is 4. The van der Waals surface area contributed by atoms with E-state index in [1.165, 1.54) is 23.3 Å². The first-order valence-corrected chi connectivity index (χ1v) is 9.54. The number of aryl methyl sites for hydroxylation is 1. The highest BCUT2D eigenvalue weighted by atomic mass is 19.3. The smallest absolute Gasteiger partial charge is 0.387 e. The zero-order valence-corrected chi connectivity index (χ0v) is 16.0. The van der Waals surface area contributed by atoms with E-state index < -0.39 is 6.61 Å². The molecule has 4 rings (SSSR count). The average Bonchev–Trinajstić information content (AvgIpc) is 3.18. The molecule has 0 saturated carbocycles. The molecule has 28 heavy (non-hydrogen) atoms. The van der Waals surface area contributed by atoms with E-state index in [1.807, 2.05) is 11.0 Å². The van der Waals surface area contributed by atoms with Gasteiger partial charge in [-0.25, -0.2) is 0 Å². The van der Waals surface area contributed by atoms with Crippen LogP contribution in [0.5, 0.6) is 5.75 Å². The fourth-order valence-corrected chi connectivity index (χ4v) is 4.80. The summed E-state index contributed by atoms with van der Waals surface area (Å²) in [5.41, 5.74) is 2.97. The van der Waals surface area contributed by atoms with Crippen LogP contribution in [-0.2, 0) is 0 Å². The maximum absolute atomic E-state index is 13.0. The summed E-state index contributed by atoms with van der Waals surface area (Å²) in [6, 6.07) is 14.8. The van der Waals surface area contributed by atoms with E-state index in [0.29, 0.717) is 30.5 Å². The standard InChI is InChI=1S/C22H24F2N2O2/c1-14-6-3-4-9-18(14)20-19-13-26(12-16(19)11-25(20)2)21(27)15-7-5-8-17(10-15)28-22(23)24/h3-10,16,19-20,22H,11-13H2,1-2H3/t16-,19+,20-/m0/s1. The summed E-state index contributed by atoms with van der Waals surface area (Å²) in [6.45, 7) is 1.54. The van der Waals surface area contributed by atoms with E-state index in [-0.39, 0.29) is 17.7 Å². The van der Waals surface area contributed by atoms with Crippen molar-refractivity contribution in [3.05, 3.63) is 65.2 Å². The molecule has 0 aromatic heterocycles. The number of nitrogens with zero attached hydrogens (tertiary/aromatic N) is 2. The highest BCUT2D eigenvalue weighted by Crippen LogP contribution is 2.45. The first-order valence-electron chi connectivity index (χ1n) is 9.54. The Morgan fingerprint density at radius 2 is 1.89 bits per heavy atom. The Bertz CT molecular complexity index is 873. The lowest BCUT2D eigenvalue weighted by Crippen LogP contribution is -2.33. The monoisotopic (exact) mass is 386 g/mol. The maximum atomic E-state index is 13.0. The van der Waals surface area contributed by atoms with Crippen LogP contribution >= 0.6 is 0 Å². The minimum atomic E-state index is -2.90. The lowest BCUT2D eigenvalue weighted by atomic mass is 9.88. The van der Waals surface area contributed by atoms with Gasteiger partial charge in [0.05, 0.1) is 0 Å². The van der Waals surface area contributed by atoms with E-state index in [9.17, 15) is 13.6 Å². The number of carbonyl (C=O) groups is 1. The van der Waals surface area contributed by atoms with Crippen molar-refractivity contribution in [1.29, 1.82) is 0 Å². The number of alkyl halides is 2. The molecule has 2 heterocycles. The van der Waals surface area contributed by atoms with Gasteiger partial charge in [0.15, 0.2) is 0 Å². The molecule has 2 fully saturated rings. The van der Waals surface area contributed by atoms with Crippen LogP contribution in [0.4, 0.5) is 8.78 Å². The molecule has 2 aromatic carbocycles. The van der Waals surface area contributed by atoms with Gasteiger partial charge in [0.1, 0.15) is 5.75 Å². The van der Waals surface area contributed by atoms with Crippen molar-refractivity contribution in [3.63, 3.8) is 0 Å². The Morgan fingerprint density at radius 1 is 1.11 bits per heavy atom. The normalized spacial score (nSPS) is 24.6. The molecular formula is C22H24F2N2O2. The number of hydrogen-bond donors (Lipinski definition) is 0. The van der Waals surface area contributed by atoms with Gasteiger partial charge in [0.2, 0.25) is 0 Å². The van der Waals surface area contributed by atoms with Gasteiger partial charge in [-0.15, -0.1) is 0 Å². The molecule has 4 nitrogen and oxygen atoms in total. The molecule has 0 unspecified atom stereocenters. The van der Waals surface area contributed by atoms with E-state index in [4.69, 9.17) is 0 Å². The van der Waals surface area contributed by atoms with Gasteiger partial charge in [0.25, 0.3) is 5.91 Å². The average molecular weight is 386 g/mol. The van der Waals surface area contributed by atoms with Crippen LogP contribution < -0.4 is 4.74 Å². The molecule has 6 heteroatoms. The summed E-state index contributed by atoms with van der Waals surface area (Å²) >= 11 is 0. The fraction of sp³-hybridized carbons (Fsp3) is 0.409. The molecule has 0 bridgehead atoms. The third-order valence-electron chi connectivity index (χ3n) is 5.99. The van der Waals surface area contributed by atoms with Crippen molar-refractivity contribution in [2.24, 2.45) is 11.8 Å². The number of benzene rings is 2. The predicted molar refractivity (Wildman–Crippen MR) is 103 cm³/mol. The number of fused-ring (bicyclic) bond motifs is 1. The Kier molecular flexibility index (Phi) is 5.06. The van der Waals surface area contributed by atoms with Crippen LogP contribution in [0.1, 0.15) is 27.5 Å². The molecule has 2 aromatic rings. The van der Waals surface area contributed by atoms with E-state index in [1.54, 1.807) is 12.1 Å². The summed E-state index contributed by atoms with van der Waals surface area (Å²) in [7, 11) is 2.15. The molecular weight excluding hydrogens is 362 g/mol. The quantitative estimate of drug-likeness (QED) is 0.797. The van der Waals surface area contributed by atoms with Gasteiger partial charge >= 0.3 is 6.61 Å². The summed E-state index contributed by atoms with van der Waals surface area (Å²) in [5, 5.41) is 0. The van der Waals surface area contributed by atoms with Crippen LogP contribution in [0.15, 0.2) is 48.5 Å². The van der Waals surface area contributed by atoms with E-state index in [2.05, 4.69) is 41.8 Å². The summed E-state index contributed by atoms with van der Waals surface area (Å²) in [5.74, 6) is 0.674. The van der Waals surface area contributed by atoms with Crippen LogP contribution in [0.2, 0.25) is 0 Å². The maximum Gasteiger partial charge on any atom is 0.387 e. The Morgan fingerprint density at radius 3 is 2.64 bits per heavy atom. The molecule has 0 aliphatic carbocycles. The lowest BCUT2D eigenvalue weighted by Gasteiger charge is -2.28.